The van der Waals surface area contributed by atoms with E-state index in [4.69, 9.17) is 0 Å². The van der Waals surface area contributed by atoms with Gasteiger partial charge in [-0.2, -0.15) is 0 Å². The van der Waals surface area contributed by atoms with E-state index >= 15 is 0 Å². The second-order valence-electron chi connectivity index (χ2n) is 6.36. The molecule has 4 heteroatoms. The molecule has 4 rings (SSSR count). The fourth-order valence-corrected chi connectivity index (χ4v) is 3.73. The summed E-state index contributed by atoms with van der Waals surface area (Å²) >= 11 is 0. The molecule has 3 nitrogen and oxygen atoms in total. The zero-order valence-corrected chi connectivity index (χ0v) is 13.1. The van der Waals surface area contributed by atoms with Crippen LogP contribution in [0, 0.1) is 12.7 Å². The molecule has 2 aliphatic heterocycles. The minimum Gasteiger partial charge on any atom is -0.291 e. The summed E-state index contributed by atoms with van der Waals surface area (Å²) in [4.78, 5) is 17.0. The van der Waals surface area contributed by atoms with Gasteiger partial charge in [0.25, 0.3) is 0 Å². The van der Waals surface area contributed by atoms with Crippen molar-refractivity contribution in [3.05, 3.63) is 65.5 Å². The van der Waals surface area contributed by atoms with Gasteiger partial charge in [-0.05, 0) is 49.6 Å². The minimum absolute atomic E-state index is 0.0497. The standard InChI is InChI=1S/C19H19FN2O/c1-13-4-6-14(7-5-13)18-21-12-2-3-17(21)19(23)22(18)16-10-8-15(20)9-11-16/h4-11,17-18H,2-3,12H2,1H3/t17-,18+/m0/s1. The van der Waals surface area contributed by atoms with Crippen LogP contribution in [0.25, 0.3) is 0 Å². The molecule has 2 aliphatic rings. The summed E-state index contributed by atoms with van der Waals surface area (Å²) in [6.07, 6.45) is 1.86. The van der Waals surface area contributed by atoms with E-state index in [1.54, 1.807) is 12.1 Å². The smallest absolute Gasteiger partial charge is 0.246 e. The van der Waals surface area contributed by atoms with Crippen molar-refractivity contribution in [2.75, 3.05) is 11.4 Å². The third-order valence-electron chi connectivity index (χ3n) is 4.86. The van der Waals surface area contributed by atoms with E-state index in [-0.39, 0.29) is 23.9 Å². The van der Waals surface area contributed by atoms with Crippen molar-refractivity contribution in [2.24, 2.45) is 0 Å². The summed E-state index contributed by atoms with van der Waals surface area (Å²) in [5.74, 6) is -0.160. The third kappa shape index (κ3) is 2.34. The van der Waals surface area contributed by atoms with Gasteiger partial charge in [-0.15, -0.1) is 0 Å². The molecule has 0 saturated carbocycles. The Labute approximate surface area is 135 Å². The SMILES string of the molecule is Cc1ccc([C@H]2N(c3ccc(F)cc3)C(=O)[C@@H]3CCCN32)cc1. The number of amides is 1. The molecule has 1 amide bonds. The van der Waals surface area contributed by atoms with Crippen molar-refractivity contribution in [1.82, 2.24) is 4.90 Å². The monoisotopic (exact) mass is 310 g/mol. The molecule has 2 fully saturated rings. The van der Waals surface area contributed by atoms with Gasteiger partial charge >= 0.3 is 0 Å². The lowest BCUT2D eigenvalue weighted by Gasteiger charge is -2.29. The van der Waals surface area contributed by atoms with Gasteiger partial charge in [0.1, 0.15) is 12.0 Å². The summed E-state index contributed by atoms with van der Waals surface area (Å²) in [6.45, 7) is 2.98. The van der Waals surface area contributed by atoms with Gasteiger partial charge in [-0.1, -0.05) is 29.8 Å². The van der Waals surface area contributed by atoms with Gasteiger partial charge in [-0.25, -0.2) is 4.39 Å². The topological polar surface area (TPSA) is 23.6 Å². The van der Waals surface area contributed by atoms with Gasteiger partial charge in [0.05, 0.1) is 6.04 Å². The lowest BCUT2D eigenvalue weighted by atomic mass is 10.1. The molecule has 2 saturated heterocycles. The largest absolute Gasteiger partial charge is 0.291 e. The maximum Gasteiger partial charge on any atom is 0.246 e. The van der Waals surface area contributed by atoms with E-state index < -0.39 is 0 Å². The Hall–Kier alpha value is -2.20. The molecule has 0 unspecified atom stereocenters. The van der Waals surface area contributed by atoms with Crippen molar-refractivity contribution < 1.29 is 9.18 Å². The number of carbonyl (C=O) groups is 1. The Balaban J connectivity index is 1.79. The van der Waals surface area contributed by atoms with Gasteiger partial charge in [0, 0.05) is 12.2 Å². The number of carbonyl (C=O) groups excluding carboxylic acids is 1. The molecule has 2 atom stereocenters. The first-order valence-corrected chi connectivity index (χ1v) is 8.06. The van der Waals surface area contributed by atoms with Crippen molar-refractivity contribution in [3.63, 3.8) is 0 Å². The lowest BCUT2D eigenvalue weighted by Crippen LogP contribution is -2.32. The first kappa shape index (κ1) is 14.4. The second-order valence-corrected chi connectivity index (χ2v) is 6.36. The average Bonchev–Trinajstić information content (AvgIpc) is 3.12. The summed E-state index contributed by atoms with van der Waals surface area (Å²) < 4.78 is 13.3. The average molecular weight is 310 g/mol. The van der Waals surface area contributed by atoms with E-state index in [1.807, 2.05) is 4.90 Å². The number of anilines is 1. The highest BCUT2D eigenvalue weighted by Gasteiger charge is 2.49. The Morgan fingerprint density at radius 1 is 1.04 bits per heavy atom. The van der Waals surface area contributed by atoms with Gasteiger partial charge in [0.15, 0.2) is 0 Å². The Kier molecular flexibility index (Phi) is 3.42. The van der Waals surface area contributed by atoms with Gasteiger partial charge in [-0.3, -0.25) is 14.6 Å². The van der Waals surface area contributed by atoms with E-state index in [2.05, 4.69) is 36.1 Å². The number of hydrogen-bond acceptors (Lipinski definition) is 2. The number of halogens is 1. The van der Waals surface area contributed by atoms with Crippen LogP contribution in [0.4, 0.5) is 10.1 Å². The van der Waals surface area contributed by atoms with Crippen LogP contribution in [0.1, 0.15) is 30.1 Å². The number of aryl methyl sites for hydroxylation is 1. The fourth-order valence-electron chi connectivity index (χ4n) is 3.73. The third-order valence-corrected chi connectivity index (χ3v) is 4.86. The van der Waals surface area contributed by atoms with Crippen LogP contribution in [0.5, 0.6) is 0 Å². The molecule has 2 aromatic rings. The normalized spacial score (nSPS) is 24.3. The quantitative estimate of drug-likeness (QED) is 0.845. The lowest BCUT2D eigenvalue weighted by molar-refractivity contribution is -0.119. The first-order chi connectivity index (χ1) is 11.1. The Morgan fingerprint density at radius 2 is 1.74 bits per heavy atom. The predicted octanol–water partition coefficient (Wildman–Crippen LogP) is 3.64. The Morgan fingerprint density at radius 3 is 2.43 bits per heavy atom. The fraction of sp³-hybridized carbons (Fsp3) is 0.316. The van der Waals surface area contributed by atoms with E-state index in [0.29, 0.717) is 0 Å². The molecule has 0 radical (unpaired) electrons. The molecule has 0 aliphatic carbocycles. The number of hydrogen-bond donors (Lipinski definition) is 0. The molecule has 0 spiro atoms. The van der Waals surface area contributed by atoms with Crippen LogP contribution in [0.2, 0.25) is 0 Å². The first-order valence-electron chi connectivity index (χ1n) is 8.06. The molecule has 0 aromatic heterocycles. The highest BCUT2D eigenvalue weighted by Crippen LogP contribution is 2.42. The zero-order valence-electron chi connectivity index (χ0n) is 13.1. The number of benzene rings is 2. The molecular formula is C19H19FN2O. The predicted molar refractivity (Wildman–Crippen MR) is 87.5 cm³/mol. The van der Waals surface area contributed by atoms with Crippen molar-refractivity contribution in [1.29, 1.82) is 0 Å². The highest BCUT2D eigenvalue weighted by molar-refractivity contribution is 6.00. The van der Waals surface area contributed by atoms with E-state index in [9.17, 15) is 9.18 Å². The highest BCUT2D eigenvalue weighted by atomic mass is 19.1. The molecule has 0 bridgehead atoms. The van der Waals surface area contributed by atoms with Crippen LogP contribution in [-0.2, 0) is 4.79 Å². The van der Waals surface area contributed by atoms with Crippen LogP contribution in [0.3, 0.4) is 0 Å². The Bertz CT molecular complexity index is 726. The maximum absolute atomic E-state index is 13.3. The molecular weight excluding hydrogens is 291 g/mol. The van der Waals surface area contributed by atoms with Crippen LogP contribution in [0.15, 0.2) is 48.5 Å². The summed E-state index contributed by atoms with van der Waals surface area (Å²) in [5.41, 5.74) is 3.07. The second kappa shape index (κ2) is 5.46. The van der Waals surface area contributed by atoms with Crippen molar-refractivity contribution >= 4 is 11.6 Å². The maximum atomic E-state index is 13.3. The van der Waals surface area contributed by atoms with Gasteiger partial charge in [0.2, 0.25) is 5.91 Å². The summed E-state index contributed by atoms with van der Waals surface area (Å²) in [6, 6.07) is 14.5. The van der Waals surface area contributed by atoms with E-state index in [0.717, 1.165) is 30.6 Å². The summed E-state index contributed by atoms with van der Waals surface area (Å²) in [5, 5.41) is 0. The number of fused-ring (bicyclic) bond motifs is 1. The van der Waals surface area contributed by atoms with Crippen molar-refractivity contribution in [3.8, 4) is 0 Å². The number of nitrogens with zero attached hydrogens (tertiary/aromatic N) is 2. The molecule has 118 valence electrons. The zero-order chi connectivity index (χ0) is 16.0. The molecule has 2 aromatic carbocycles. The number of rotatable bonds is 2. The molecule has 23 heavy (non-hydrogen) atoms. The van der Waals surface area contributed by atoms with Crippen LogP contribution >= 0.6 is 0 Å². The van der Waals surface area contributed by atoms with Crippen LogP contribution < -0.4 is 4.90 Å². The summed E-state index contributed by atoms with van der Waals surface area (Å²) in [7, 11) is 0. The van der Waals surface area contributed by atoms with Crippen molar-refractivity contribution in [2.45, 2.75) is 32.0 Å². The minimum atomic E-state index is -0.284. The van der Waals surface area contributed by atoms with E-state index in [1.165, 1.54) is 17.7 Å². The molecule has 0 N–H and O–H groups in total. The van der Waals surface area contributed by atoms with Gasteiger partial charge < -0.3 is 0 Å². The molecule has 2 heterocycles. The van der Waals surface area contributed by atoms with Crippen LogP contribution in [-0.4, -0.2) is 23.4 Å².